The summed E-state index contributed by atoms with van der Waals surface area (Å²) in [6.45, 7) is 12.0. The summed E-state index contributed by atoms with van der Waals surface area (Å²) in [4.78, 5) is 34.0. The van der Waals surface area contributed by atoms with Crippen molar-refractivity contribution in [3.8, 4) is 0 Å². The molecule has 12 N–H and O–H groups in total. The van der Waals surface area contributed by atoms with Gasteiger partial charge in [0, 0.05) is 97.1 Å². The number of hydrogen-bond acceptors (Lipinski definition) is 11. The maximum atomic E-state index is 12.1. The Labute approximate surface area is 210 Å². The first-order valence-corrected chi connectivity index (χ1v) is 12.5. The number of nitrogens with two attached hydrogens (primary N) is 4. The summed E-state index contributed by atoms with van der Waals surface area (Å²) in [7, 11) is 0. The van der Waals surface area contributed by atoms with Crippen LogP contribution in [0, 0.1) is 0 Å². The number of carbonyl (C=O) groups is 2. The normalized spacial score (nSPS) is 11.1. The van der Waals surface area contributed by atoms with Gasteiger partial charge in [0.05, 0.1) is 13.3 Å². The molecule has 0 aliphatic heterocycles. The number of nitrogens with zero attached hydrogens (tertiary/aromatic N) is 2. The molecule has 0 unspecified atom stereocenters. The van der Waals surface area contributed by atoms with Crippen LogP contribution in [0.15, 0.2) is 12.3 Å². The minimum Gasteiger partial charge on any atom is -0.376 e. The predicted octanol–water partition coefficient (Wildman–Crippen LogP) is -3.20. The molecule has 0 heterocycles. The Bertz CT molecular complexity index is 554. The first kappa shape index (κ1) is 33.2. The Kier molecular flexibility index (Phi) is 22.6. The third-order valence-corrected chi connectivity index (χ3v) is 5.13. The van der Waals surface area contributed by atoms with E-state index in [1.807, 2.05) is 0 Å². The highest BCUT2D eigenvalue weighted by Crippen LogP contribution is 2.03. The molecule has 0 aromatic rings. The molecule has 0 rings (SSSR count). The monoisotopic (exact) mass is 502 g/mol. The summed E-state index contributed by atoms with van der Waals surface area (Å²) in [5.74, 6) is -0.0335. The van der Waals surface area contributed by atoms with E-state index in [2.05, 4.69) is 37.8 Å². The number of carbonyl (C=O) groups excluding carboxylic acids is 2. The largest absolute Gasteiger partial charge is 0.376 e. The fourth-order valence-electron chi connectivity index (χ4n) is 3.16. The van der Waals surface area contributed by atoms with E-state index in [9.17, 15) is 9.59 Å². The molecule has 0 aliphatic rings. The molecule has 0 radical (unpaired) electrons. The van der Waals surface area contributed by atoms with Crippen molar-refractivity contribution >= 4 is 11.8 Å². The van der Waals surface area contributed by atoms with Crippen molar-refractivity contribution in [1.29, 1.82) is 0 Å². The van der Waals surface area contributed by atoms with Gasteiger partial charge >= 0.3 is 0 Å². The van der Waals surface area contributed by atoms with E-state index >= 15 is 0 Å². The van der Waals surface area contributed by atoms with Crippen LogP contribution in [0.1, 0.15) is 25.7 Å². The molecule has 0 aromatic heterocycles. The average molecular weight is 503 g/mol. The summed E-state index contributed by atoms with van der Waals surface area (Å²) < 4.78 is 0. The zero-order chi connectivity index (χ0) is 26.2. The Morgan fingerprint density at radius 1 is 0.686 bits per heavy atom. The molecule has 0 spiro atoms. The Morgan fingerprint density at radius 3 is 1.71 bits per heavy atom. The van der Waals surface area contributed by atoms with Gasteiger partial charge in [0.1, 0.15) is 0 Å². The van der Waals surface area contributed by atoms with Gasteiger partial charge in [-0.1, -0.05) is 6.58 Å². The molecule has 0 saturated carbocycles. The molecule has 0 atom stereocenters. The van der Waals surface area contributed by atoms with Crippen LogP contribution in [-0.4, -0.2) is 113 Å². The third-order valence-electron chi connectivity index (χ3n) is 5.13. The number of nitrogens with one attached hydrogen (secondary N) is 4. The summed E-state index contributed by atoms with van der Waals surface area (Å²) in [5, 5.41) is 8.65. The van der Waals surface area contributed by atoms with Gasteiger partial charge in [-0.15, -0.1) is 0 Å². The minimum atomic E-state index is -0.0186. The van der Waals surface area contributed by atoms with Gasteiger partial charge in [-0.3, -0.25) is 9.59 Å². The van der Waals surface area contributed by atoms with Crippen LogP contribution in [0.3, 0.4) is 0 Å². The zero-order valence-electron chi connectivity index (χ0n) is 21.4. The third kappa shape index (κ3) is 21.2. The Morgan fingerprint density at radius 2 is 1.20 bits per heavy atom. The molecular weight excluding hydrogens is 452 g/mol. The van der Waals surface area contributed by atoms with E-state index < -0.39 is 0 Å². The van der Waals surface area contributed by atoms with E-state index in [-0.39, 0.29) is 11.8 Å². The van der Waals surface area contributed by atoms with Crippen LogP contribution in [0.2, 0.25) is 0 Å². The van der Waals surface area contributed by atoms with Gasteiger partial charge in [-0.2, -0.15) is 0 Å². The van der Waals surface area contributed by atoms with Crippen LogP contribution in [0.5, 0.6) is 0 Å². The number of hydrogen-bond donors (Lipinski definition) is 8. The summed E-state index contributed by atoms with van der Waals surface area (Å²) in [6, 6.07) is 0. The van der Waals surface area contributed by atoms with Crippen LogP contribution < -0.4 is 44.4 Å². The molecule has 206 valence electrons. The first-order chi connectivity index (χ1) is 17.0. The van der Waals surface area contributed by atoms with Gasteiger partial charge in [-0.25, -0.2) is 5.48 Å². The fourth-order valence-corrected chi connectivity index (χ4v) is 3.16. The average Bonchev–Trinajstić information content (AvgIpc) is 2.85. The summed E-state index contributed by atoms with van der Waals surface area (Å²) in [5.41, 5.74) is 25.6. The standard InChI is InChI=1S/C22H50N10O3/c1-20(29-19-26)3-13-32(15-5-22(34)28-10-7-24)17-16-31(12-2-18-35-30-11-8-25)14-4-21(33)27-9-6-23/h29-30H,1-19,23-26H2,(H,27,33)(H,28,34). The van der Waals surface area contributed by atoms with E-state index in [0.29, 0.717) is 78.5 Å². The number of amides is 2. The molecule has 13 nitrogen and oxygen atoms in total. The maximum absolute atomic E-state index is 12.1. The lowest BCUT2D eigenvalue weighted by molar-refractivity contribution is -0.122. The minimum absolute atomic E-state index is 0.0149. The first-order valence-electron chi connectivity index (χ1n) is 12.5. The van der Waals surface area contributed by atoms with E-state index in [4.69, 9.17) is 27.8 Å². The van der Waals surface area contributed by atoms with Crippen LogP contribution in [0.25, 0.3) is 0 Å². The van der Waals surface area contributed by atoms with Gasteiger partial charge in [0.25, 0.3) is 0 Å². The second kappa shape index (κ2) is 23.9. The van der Waals surface area contributed by atoms with E-state index in [1.54, 1.807) is 0 Å². The molecule has 0 fully saturated rings. The van der Waals surface area contributed by atoms with Gasteiger partial charge < -0.3 is 53.5 Å². The summed E-state index contributed by atoms with van der Waals surface area (Å²) >= 11 is 0. The van der Waals surface area contributed by atoms with Crippen molar-refractivity contribution in [1.82, 2.24) is 31.2 Å². The molecule has 2 amide bonds. The molecule has 0 aromatic carbocycles. The van der Waals surface area contributed by atoms with E-state index in [0.717, 1.165) is 44.7 Å². The highest BCUT2D eigenvalue weighted by atomic mass is 16.6. The molecule has 35 heavy (non-hydrogen) atoms. The number of hydroxylamine groups is 1. The van der Waals surface area contributed by atoms with Gasteiger partial charge in [0.15, 0.2) is 0 Å². The Balaban J connectivity index is 4.83. The van der Waals surface area contributed by atoms with Crippen molar-refractivity contribution < 1.29 is 14.4 Å². The molecule has 0 aliphatic carbocycles. The summed E-state index contributed by atoms with van der Waals surface area (Å²) in [6.07, 6.45) is 2.31. The highest BCUT2D eigenvalue weighted by molar-refractivity contribution is 5.76. The fraction of sp³-hybridized carbons (Fsp3) is 0.818. The lowest BCUT2D eigenvalue weighted by Crippen LogP contribution is -2.40. The van der Waals surface area contributed by atoms with Crippen molar-refractivity contribution in [2.75, 3.05) is 91.8 Å². The predicted molar refractivity (Wildman–Crippen MR) is 140 cm³/mol. The maximum Gasteiger partial charge on any atom is 0.221 e. The smallest absolute Gasteiger partial charge is 0.221 e. The van der Waals surface area contributed by atoms with Gasteiger partial charge in [0.2, 0.25) is 11.8 Å². The van der Waals surface area contributed by atoms with Crippen LogP contribution in [-0.2, 0) is 14.4 Å². The van der Waals surface area contributed by atoms with Crippen LogP contribution >= 0.6 is 0 Å². The Hall–Kier alpha value is -1.84. The quantitative estimate of drug-likeness (QED) is 0.0355. The van der Waals surface area contributed by atoms with Crippen LogP contribution in [0.4, 0.5) is 0 Å². The second-order valence-electron chi connectivity index (χ2n) is 8.08. The van der Waals surface area contributed by atoms with Crippen molar-refractivity contribution in [2.45, 2.75) is 25.7 Å². The number of rotatable bonds is 25. The lowest BCUT2D eigenvalue weighted by Gasteiger charge is -2.28. The highest BCUT2D eigenvalue weighted by Gasteiger charge is 2.13. The van der Waals surface area contributed by atoms with Crippen molar-refractivity contribution in [3.63, 3.8) is 0 Å². The lowest BCUT2D eigenvalue weighted by atomic mass is 10.2. The zero-order valence-corrected chi connectivity index (χ0v) is 21.4. The van der Waals surface area contributed by atoms with Gasteiger partial charge in [-0.05, 0) is 12.8 Å². The SMILES string of the molecule is C=C(CCN(CCC(=O)NCCN)CCN(CCCONCCN)CCC(=O)NCCN)NCN. The molecular formula is C22H50N10O3. The molecule has 0 saturated heterocycles. The second-order valence-corrected chi connectivity index (χ2v) is 8.08. The van der Waals surface area contributed by atoms with E-state index in [1.165, 1.54) is 0 Å². The molecule has 0 bridgehead atoms. The molecule has 13 heteroatoms. The van der Waals surface area contributed by atoms with Crippen molar-refractivity contribution in [3.05, 3.63) is 12.3 Å². The topological polar surface area (TPSA) is 202 Å². The van der Waals surface area contributed by atoms with Crippen molar-refractivity contribution in [2.24, 2.45) is 22.9 Å².